The average molecular weight is 302 g/mol. The van der Waals surface area contributed by atoms with Crippen LogP contribution in [0, 0.1) is 5.41 Å². The van der Waals surface area contributed by atoms with Gasteiger partial charge in [0.25, 0.3) is 10.0 Å². The quantitative estimate of drug-likeness (QED) is 0.836. The van der Waals surface area contributed by atoms with Crippen LogP contribution in [0.3, 0.4) is 0 Å². The largest absolute Gasteiger partial charge is 0.310 e. The number of H-pyrrole nitrogens is 1. The molecule has 6 nitrogen and oxygen atoms in total. The summed E-state index contributed by atoms with van der Waals surface area (Å²) in [4.78, 5) is 0. The Morgan fingerprint density at radius 2 is 2.00 bits per heavy atom. The van der Waals surface area contributed by atoms with Crippen LogP contribution in [0.4, 0.5) is 0 Å². The zero-order valence-electron chi connectivity index (χ0n) is 13.2. The summed E-state index contributed by atoms with van der Waals surface area (Å²) >= 11 is 0. The lowest BCUT2D eigenvalue weighted by Gasteiger charge is -2.25. The van der Waals surface area contributed by atoms with Crippen molar-refractivity contribution >= 4 is 10.0 Å². The molecular formula is C13H26N4O2S. The number of sulfonamides is 1. The summed E-state index contributed by atoms with van der Waals surface area (Å²) in [6, 6.07) is 0.285. The van der Waals surface area contributed by atoms with Gasteiger partial charge in [0.15, 0.2) is 5.03 Å². The van der Waals surface area contributed by atoms with Crippen molar-refractivity contribution in [2.45, 2.75) is 52.2 Å². The van der Waals surface area contributed by atoms with Gasteiger partial charge in [-0.3, -0.25) is 5.10 Å². The summed E-state index contributed by atoms with van der Waals surface area (Å²) in [6.07, 6.45) is 1.56. The number of hydrogen-bond donors (Lipinski definition) is 2. The second-order valence-corrected chi connectivity index (χ2v) is 8.56. The summed E-state index contributed by atoms with van der Waals surface area (Å²) in [6.45, 7) is 11.0. The normalized spacial score (nSPS) is 13.4. The Morgan fingerprint density at radius 3 is 2.50 bits per heavy atom. The highest BCUT2D eigenvalue weighted by Crippen LogP contribution is 2.21. The van der Waals surface area contributed by atoms with Gasteiger partial charge < -0.3 is 5.32 Å². The molecule has 0 aliphatic carbocycles. The number of rotatable bonds is 6. The van der Waals surface area contributed by atoms with E-state index in [-0.39, 0.29) is 16.5 Å². The molecule has 0 amide bonds. The number of nitrogens with zero attached hydrogens (tertiary/aromatic N) is 2. The smallest absolute Gasteiger partial charge is 0.260 e. The summed E-state index contributed by atoms with van der Waals surface area (Å²) in [5.74, 6) is 0. The summed E-state index contributed by atoms with van der Waals surface area (Å²) in [5.41, 5.74) is 0.567. The molecule has 1 rings (SSSR count). The first-order chi connectivity index (χ1) is 9.04. The Balaban J connectivity index is 2.96. The molecule has 0 saturated heterocycles. The molecule has 0 unspecified atom stereocenters. The summed E-state index contributed by atoms with van der Waals surface area (Å²) in [7, 11) is -1.93. The third-order valence-corrected chi connectivity index (χ3v) is 4.56. The van der Waals surface area contributed by atoms with Gasteiger partial charge in [-0.15, -0.1) is 0 Å². The van der Waals surface area contributed by atoms with Crippen LogP contribution in [0.25, 0.3) is 0 Å². The Bertz CT molecular complexity index is 529. The Kier molecular flexibility index (Phi) is 5.34. The van der Waals surface area contributed by atoms with E-state index in [0.717, 1.165) is 0 Å². The highest BCUT2D eigenvalue weighted by Gasteiger charge is 2.28. The minimum Gasteiger partial charge on any atom is -0.310 e. The molecule has 0 atom stereocenters. The zero-order chi connectivity index (χ0) is 15.6. The fourth-order valence-electron chi connectivity index (χ4n) is 1.87. The molecule has 1 aromatic heterocycles. The topological polar surface area (TPSA) is 78.1 Å². The van der Waals surface area contributed by atoms with Crippen LogP contribution in [0.2, 0.25) is 0 Å². The fourth-order valence-corrected chi connectivity index (χ4v) is 3.36. The van der Waals surface area contributed by atoms with Gasteiger partial charge in [-0.2, -0.15) is 9.40 Å². The second-order valence-electron chi connectivity index (χ2n) is 6.58. The summed E-state index contributed by atoms with van der Waals surface area (Å²) < 4.78 is 26.5. The number of aromatic nitrogens is 2. The molecule has 116 valence electrons. The standard InChI is InChI=1S/C13H26N4O2S/c1-10(2)14-7-11-8-15-16-12(11)20(18,19)17(6)9-13(3,4)5/h8,10,14H,7,9H2,1-6H3,(H,15,16). The van der Waals surface area contributed by atoms with Gasteiger partial charge in [0.2, 0.25) is 0 Å². The molecule has 2 N–H and O–H groups in total. The van der Waals surface area contributed by atoms with E-state index < -0.39 is 10.0 Å². The molecule has 0 saturated carbocycles. The predicted octanol–water partition coefficient (Wildman–Crippen LogP) is 1.57. The Hall–Kier alpha value is -0.920. The molecule has 1 heterocycles. The predicted molar refractivity (Wildman–Crippen MR) is 79.8 cm³/mol. The van der Waals surface area contributed by atoms with E-state index in [0.29, 0.717) is 18.7 Å². The minimum absolute atomic E-state index is 0.0990. The number of nitrogens with one attached hydrogen (secondary N) is 2. The lowest BCUT2D eigenvalue weighted by atomic mass is 9.97. The molecule has 0 bridgehead atoms. The molecule has 0 radical (unpaired) electrons. The van der Waals surface area contributed by atoms with E-state index in [1.807, 2.05) is 34.6 Å². The van der Waals surface area contributed by atoms with E-state index in [9.17, 15) is 8.42 Å². The van der Waals surface area contributed by atoms with Crippen LogP contribution < -0.4 is 5.32 Å². The van der Waals surface area contributed by atoms with Crippen molar-refractivity contribution in [3.63, 3.8) is 0 Å². The third-order valence-electron chi connectivity index (χ3n) is 2.74. The van der Waals surface area contributed by atoms with Gasteiger partial charge in [0, 0.05) is 31.7 Å². The van der Waals surface area contributed by atoms with Gasteiger partial charge in [-0.05, 0) is 5.41 Å². The van der Waals surface area contributed by atoms with Gasteiger partial charge >= 0.3 is 0 Å². The van der Waals surface area contributed by atoms with E-state index >= 15 is 0 Å². The van der Waals surface area contributed by atoms with Crippen LogP contribution in [0.5, 0.6) is 0 Å². The average Bonchev–Trinajstić information content (AvgIpc) is 2.72. The van der Waals surface area contributed by atoms with E-state index in [2.05, 4.69) is 15.5 Å². The van der Waals surface area contributed by atoms with Crippen molar-refractivity contribution in [3.05, 3.63) is 11.8 Å². The first-order valence-electron chi connectivity index (χ1n) is 6.76. The number of aromatic amines is 1. The van der Waals surface area contributed by atoms with Crippen molar-refractivity contribution in [2.24, 2.45) is 5.41 Å². The van der Waals surface area contributed by atoms with Crippen molar-refractivity contribution in [3.8, 4) is 0 Å². The van der Waals surface area contributed by atoms with Crippen molar-refractivity contribution in [1.82, 2.24) is 19.8 Å². The monoisotopic (exact) mass is 302 g/mol. The first kappa shape index (κ1) is 17.1. The van der Waals surface area contributed by atoms with Gasteiger partial charge in [0.1, 0.15) is 0 Å². The molecule has 0 aliphatic heterocycles. The molecule has 0 spiro atoms. The molecule has 1 aromatic rings. The molecule has 20 heavy (non-hydrogen) atoms. The Morgan fingerprint density at radius 1 is 1.40 bits per heavy atom. The lowest BCUT2D eigenvalue weighted by molar-refractivity contribution is 0.310. The summed E-state index contributed by atoms with van der Waals surface area (Å²) in [5, 5.41) is 9.87. The molecule has 0 aliphatic rings. The van der Waals surface area contributed by atoms with Crippen molar-refractivity contribution in [1.29, 1.82) is 0 Å². The van der Waals surface area contributed by atoms with Gasteiger partial charge in [0.05, 0.1) is 6.20 Å². The SMILES string of the molecule is CC(C)NCc1cn[nH]c1S(=O)(=O)N(C)CC(C)(C)C. The second kappa shape index (κ2) is 6.24. The van der Waals surface area contributed by atoms with Crippen molar-refractivity contribution < 1.29 is 8.42 Å². The zero-order valence-corrected chi connectivity index (χ0v) is 14.0. The molecular weight excluding hydrogens is 276 g/mol. The Labute approximate surface area is 122 Å². The molecule has 0 aromatic carbocycles. The van der Waals surface area contributed by atoms with E-state index in [1.165, 1.54) is 4.31 Å². The minimum atomic E-state index is -3.53. The highest BCUT2D eigenvalue weighted by molar-refractivity contribution is 7.89. The van der Waals surface area contributed by atoms with Gasteiger partial charge in [-0.25, -0.2) is 8.42 Å². The van der Waals surface area contributed by atoms with Crippen LogP contribution in [0.1, 0.15) is 40.2 Å². The first-order valence-corrected chi connectivity index (χ1v) is 8.20. The van der Waals surface area contributed by atoms with Crippen LogP contribution in [-0.2, 0) is 16.6 Å². The van der Waals surface area contributed by atoms with Crippen molar-refractivity contribution in [2.75, 3.05) is 13.6 Å². The maximum absolute atomic E-state index is 12.6. The maximum Gasteiger partial charge on any atom is 0.260 e. The molecule has 0 fully saturated rings. The van der Waals surface area contributed by atoms with E-state index in [1.54, 1.807) is 13.2 Å². The van der Waals surface area contributed by atoms with Crippen LogP contribution in [0.15, 0.2) is 11.2 Å². The fraction of sp³-hybridized carbons (Fsp3) is 0.769. The lowest BCUT2D eigenvalue weighted by Crippen LogP contribution is -2.35. The highest BCUT2D eigenvalue weighted by atomic mass is 32.2. The van der Waals surface area contributed by atoms with Crippen LogP contribution >= 0.6 is 0 Å². The van der Waals surface area contributed by atoms with Gasteiger partial charge in [-0.1, -0.05) is 34.6 Å². The number of hydrogen-bond acceptors (Lipinski definition) is 4. The van der Waals surface area contributed by atoms with E-state index in [4.69, 9.17) is 0 Å². The molecule has 7 heteroatoms. The van der Waals surface area contributed by atoms with Crippen LogP contribution in [-0.4, -0.2) is 42.6 Å². The third kappa shape index (κ3) is 4.57. The maximum atomic E-state index is 12.6.